The number of hydrogen-bond acceptors (Lipinski definition) is 6. The summed E-state index contributed by atoms with van der Waals surface area (Å²) in [4.78, 5) is 23.3. The Bertz CT molecular complexity index is 841. The molecule has 1 aromatic heterocycles. The molecule has 0 saturated carbocycles. The lowest BCUT2D eigenvalue weighted by Gasteiger charge is -2.19. The highest BCUT2D eigenvalue weighted by Gasteiger charge is 2.32. The standard InChI is InChI=1S/C18H18N2O4S2/c1-18(25-8-9-26-18)10-16(21)20-19-11-12-6-7-15(24-12)13-4-2-3-5-14(13)17(22)23/h2-7,11H,8-10H2,1H3,(H,20,21)(H,22,23)/b19-11-. The number of benzene rings is 1. The lowest BCUT2D eigenvalue weighted by Crippen LogP contribution is -2.26. The predicted octanol–water partition coefficient (Wildman–Crippen LogP) is 3.68. The van der Waals surface area contributed by atoms with Crippen molar-refractivity contribution in [2.75, 3.05) is 11.5 Å². The number of amides is 1. The van der Waals surface area contributed by atoms with Crippen molar-refractivity contribution in [1.29, 1.82) is 0 Å². The van der Waals surface area contributed by atoms with Gasteiger partial charge < -0.3 is 9.52 Å². The average molecular weight is 390 g/mol. The van der Waals surface area contributed by atoms with Crippen molar-refractivity contribution in [2.45, 2.75) is 17.4 Å². The fourth-order valence-electron chi connectivity index (χ4n) is 2.61. The van der Waals surface area contributed by atoms with Crippen LogP contribution in [0.1, 0.15) is 29.5 Å². The number of thioether (sulfide) groups is 2. The van der Waals surface area contributed by atoms with E-state index in [1.165, 1.54) is 12.3 Å². The van der Waals surface area contributed by atoms with Crippen molar-refractivity contribution in [3.05, 3.63) is 47.7 Å². The highest BCUT2D eigenvalue weighted by molar-refractivity contribution is 8.21. The second-order valence-electron chi connectivity index (χ2n) is 5.85. The van der Waals surface area contributed by atoms with Crippen molar-refractivity contribution in [3.8, 4) is 11.3 Å². The molecule has 2 heterocycles. The van der Waals surface area contributed by atoms with Gasteiger partial charge in [-0.1, -0.05) is 18.2 Å². The molecule has 0 spiro atoms. The van der Waals surface area contributed by atoms with Crippen molar-refractivity contribution in [1.82, 2.24) is 5.43 Å². The molecule has 1 amide bonds. The largest absolute Gasteiger partial charge is 0.478 e. The number of rotatable bonds is 6. The molecule has 0 radical (unpaired) electrons. The molecule has 1 aliphatic rings. The fraction of sp³-hybridized carbons (Fsp3) is 0.278. The number of hydrogen-bond donors (Lipinski definition) is 2. The Morgan fingerprint density at radius 1 is 1.27 bits per heavy atom. The molecule has 2 N–H and O–H groups in total. The molecule has 0 bridgehead atoms. The van der Waals surface area contributed by atoms with Crippen LogP contribution in [-0.2, 0) is 4.79 Å². The van der Waals surface area contributed by atoms with Crippen LogP contribution < -0.4 is 5.43 Å². The number of nitrogens with zero attached hydrogens (tertiary/aromatic N) is 1. The summed E-state index contributed by atoms with van der Waals surface area (Å²) in [5, 5.41) is 13.2. The third-order valence-corrected chi connectivity index (χ3v) is 7.10. The molecule has 136 valence electrons. The summed E-state index contributed by atoms with van der Waals surface area (Å²) < 4.78 is 5.54. The number of hydrazone groups is 1. The molecule has 8 heteroatoms. The maximum atomic E-state index is 12.0. The molecule has 0 unspecified atom stereocenters. The van der Waals surface area contributed by atoms with Crippen LogP contribution in [0.5, 0.6) is 0 Å². The highest BCUT2D eigenvalue weighted by Crippen LogP contribution is 2.45. The summed E-state index contributed by atoms with van der Waals surface area (Å²) in [6.45, 7) is 2.07. The fourth-order valence-corrected chi connectivity index (χ4v) is 5.44. The first-order valence-electron chi connectivity index (χ1n) is 7.99. The van der Waals surface area contributed by atoms with E-state index in [4.69, 9.17) is 4.42 Å². The summed E-state index contributed by atoms with van der Waals surface area (Å²) in [6.07, 6.45) is 1.80. The second-order valence-corrected chi connectivity index (χ2v) is 9.31. The van der Waals surface area contributed by atoms with Crippen LogP contribution in [0.15, 0.2) is 45.9 Å². The van der Waals surface area contributed by atoms with Gasteiger partial charge in [-0.25, -0.2) is 10.2 Å². The van der Waals surface area contributed by atoms with Gasteiger partial charge in [0.2, 0.25) is 5.91 Å². The Morgan fingerprint density at radius 3 is 2.73 bits per heavy atom. The van der Waals surface area contributed by atoms with Gasteiger partial charge in [0.05, 0.1) is 22.3 Å². The van der Waals surface area contributed by atoms with Gasteiger partial charge in [0.25, 0.3) is 0 Å². The molecule has 1 fully saturated rings. The molecule has 0 aliphatic carbocycles. The Kier molecular flexibility index (Phi) is 5.73. The summed E-state index contributed by atoms with van der Waals surface area (Å²) in [6, 6.07) is 9.97. The number of carboxylic acids is 1. The van der Waals surface area contributed by atoms with Gasteiger partial charge in [0.15, 0.2) is 0 Å². The third kappa shape index (κ3) is 4.50. The summed E-state index contributed by atoms with van der Waals surface area (Å²) in [5.41, 5.74) is 3.17. The monoisotopic (exact) mass is 390 g/mol. The number of nitrogens with one attached hydrogen (secondary N) is 1. The molecule has 1 aromatic carbocycles. The van der Waals surface area contributed by atoms with Crippen molar-refractivity contribution in [2.24, 2.45) is 5.10 Å². The molecular weight excluding hydrogens is 372 g/mol. The maximum Gasteiger partial charge on any atom is 0.336 e. The number of aromatic carboxylic acids is 1. The second kappa shape index (κ2) is 8.01. The predicted molar refractivity (Wildman–Crippen MR) is 105 cm³/mol. The molecule has 26 heavy (non-hydrogen) atoms. The van der Waals surface area contributed by atoms with E-state index in [0.717, 1.165) is 11.5 Å². The minimum Gasteiger partial charge on any atom is -0.478 e. The van der Waals surface area contributed by atoms with Crippen LogP contribution in [0.25, 0.3) is 11.3 Å². The zero-order chi connectivity index (χ0) is 18.6. The van der Waals surface area contributed by atoms with E-state index in [0.29, 0.717) is 23.5 Å². The first-order valence-corrected chi connectivity index (χ1v) is 9.96. The molecule has 2 aromatic rings. The van der Waals surface area contributed by atoms with Crippen LogP contribution in [0.4, 0.5) is 0 Å². The van der Waals surface area contributed by atoms with Gasteiger partial charge in [0.1, 0.15) is 11.5 Å². The lowest BCUT2D eigenvalue weighted by atomic mass is 10.1. The van der Waals surface area contributed by atoms with E-state index in [-0.39, 0.29) is 15.5 Å². The van der Waals surface area contributed by atoms with Gasteiger partial charge in [-0.2, -0.15) is 5.10 Å². The Hall–Kier alpha value is -2.19. The van der Waals surface area contributed by atoms with E-state index < -0.39 is 5.97 Å². The van der Waals surface area contributed by atoms with Crippen LogP contribution in [0.2, 0.25) is 0 Å². The average Bonchev–Trinajstić information content (AvgIpc) is 3.24. The van der Waals surface area contributed by atoms with E-state index in [1.807, 2.05) is 0 Å². The topological polar surface area (TPSA) is 91.9 Å². The summed E-state index contributed by atoms with van der Waals surface area (Å²) in [7, 11) is 0. The molecule has 1 aliphatic heterocycles. The number of carbonyl (C=O) groups is 2. The van der Waals surface area contributed by atoms with Crippen LogP contribution in [0.3, 0.4) is 0 Å². The summed E-state index contributed by atoms with van der Waals surface area (Å²) in [5.74, 6) is 1.82. The molecule has 1 saturated heterocycles. The van der Waals surface area contributed by atoms with Gasteiger partial charge in [-0.15, -0.1) is 23.5 Å². The van der Waals surface area contributed by atoms with Gasteiger partial charge in [0, 0.05) is 17.1 Å². The van der Waals surface area contributed by atoms with Gasteiger partial charge in [-0.3, -0.25) is 4.79 Å². The minimum absolute atomic E-state index is 0.0853. The van der Waals surface area contributed by atoms with Crippen LogP contribution in [0, 0.1) is 0 Å². The van der Waals surface area contributed by atoms with Crippen molar-refractivity contribution in [3.63, 3.8) is 0 Å². The van der Waals surface area contributed by atoms with Crippen LogP contribution >= 0.6 is 23.5 Å². The minimum atomic E-state index is -1.02. The van der Waals surface area contributed by atoms with Gasteiger partial charge in [-0.05, 0) is 25.1 Å². The van der Waals surface area contributed by atoms with Gasteiger partial charge >= 0.3 is 5.97 Å². The van der Waals surface area contributed by atoms with E-state index >= 15 is 0 Å². The molecule has 0 atom stereocenters. The normalized spacial score (nSPS) is 16.0. The zero-order valence-electron chi connectivity index (χ0n) is 14.1. The number of furan rings is 1. The lowest BCUT2D eigenvalue weighted by molar-refractivity contribution is -0.121. The molecule has 6 nitrogen and oxygen atoms in total. The SMILES string of the molecule is CC1(CC(=O)N/N=C\c2ccc(-c3ccccc3C(=O)O)o2)SCCS1. The van der Waals surface area contributed by atoms with Crippen molar-refractivity contribution >= 4 is 41.6 Å². The highest BCUT2D eigenvalue weighted by atomic mass is 32.2. The first-order chi connectivity index (χ1) is 12.5. The van der Waals surface area contributed by atoms with Crippen molar-refractivity contribution < 1.29 is 19.1 Å². The number of carboxylic acid groups (broad SMARTS) is 1. The quantitative estimate of drug-likeness (QED) is 0.577. The Labute approximate surface area is 159 Å². The van der Waals surface area contributed by atoms with E-state index in [1.54, 1.807) is 53.9 Å². The van der Waals surface area contributed by atoms with Crippen LogP contribution in [-0.4, -0.2) is 38.8 Å². The smallest absolute Gasteiger partial charge is 0.336 e. The zero-order valence-corrected chi connectivity index (χ0v) is 15.7. The first kappa shape index (κ1) is 18.6. The maximum absolute atomic E-state index is 12.0. The Balaban J connectivity index is 1.63. The Morgan fingerprint density at radius 2 is 2.00 bits per heavy atom. The number of carbonyl (C=O) groups excluding carboxylic acids is 1. The third-order valence-electron chi connectivity index (χ3n) is 3.81. The van der Waals surface area contributed by atoms with E-state index in [2.05, 4.69) is 17.5 Å². The molecular formula is C18H18N2O4S2. The molecule has 3 rings (SSSR count). The van der Waals surface area contributed by atoms with E-state index in [9.17, 15) is 14.7 Å². The summed E-state index contributed by atoms with van der Waals surface area (Å²) >= 11 is 3.58.